The molecule has 0 amide bonds. The van der Waals surface area contributed by atoms with Gasteiger partial charge in [0.2, 0.25) is 0 Å². The third-order valence-electron chi connectivity index (χ3n) is 3.78. The molecule has 0 spiro atoms. The van der Waals surface area contributed by atoms with Crippen LogP contribution in [0.5, 0.6) is 5.75 Å². The van der Waals surface area contributed by atoms with Crippen LogP contribution >= 0.6 is 0 Å². The molecule has 0 radical (unpaired) electrons. The maximum absolute atomic E-state index is 5.99. The zero-order valence-electron chi connectivity index (χ0n) is 14.0. The van der Waals surface area contributed by atoms with Gasteiger partial charge in [0.1, 0.15) is 12.4 Å². The highest BCUT2D eigenvalue weighted by atomic mass is 16.5. The Morgan fingerprint density at radius 3 is 2.62 bits per heavy atom. The average molecular weight is 290 g/mol. The minimum Gasteiger partial charge on any atom is -0.492 e. The van der Waals surface area contributed by atoms with E-state index in [1.807, 2.05) is 6.07 Å². The number of ether oxygens (including phenoxy) is 1. The van der Waals surface area contributed by atoms with E-state index < -0.39 is 0 Å². The summed E-state index contributed by atoms with van der Waals surface area (Å²) in [6.45, 7) is 10.4. The van der Waals surface area contributed by atoms with E-state index in [1.54, 1.807) is 0 Å². The Bertz CT molecular complexity index is 435. The fourth-order valence-electron chi connectivity index (χ4n) is 2.29. The lowest BCUT2D eigenvalue weighted by Crippen LogP contribution is -2.35. The molecule has 0 heterocycles. The van der Waals surface area contributed by atoms with Crippen LogP contribution in [0, 0.1) is 5.92 Å². The van der Waals surface area contributed by atoms with Gasteiger partial charge < -0.3 is 15.0 Å². The van der Waals surface area contributed by atoms with E-state index in [4.69, 9.17) is 4.74 Å². The molecule has 0 unspecified atom stereocenters. The van der Waals surface area contributed by atoms with Crippen LogP contribution in [-0.4, -0.2) is 37.2 Å². The second kappa shape index (κ2) is 7.28. The molecule has 1 aromatic rings. The quantitative estimate of drug-likeness (QED) is 0.795. The van der Waals surface area contributed by atoms with Crippen molar-refractivity contribution < 1.29 is 4.74 Å². The molecular formula is C18H30N2O. The van der Waals surface area contributed by atoms with Gasteiger partial charge in [-0.05, 0) is 52.6 Å². The number of rotatable bonds is 8. The third kappa shape index (κ3) is 6.49. The molecule has 1 aliphatic carbocycles. The number of para-hydroxylation sites is 1. The van der Waals surface area contributed by atoms with Crippen molar-refractivity contribution >= 4 is 0 Å². The predicted molar refractivity (Wildman–Crippen MR) is 88.8 cm³/mol. The summed E-state index contributed by atoms with van der Waals surface area (Å²) >= 11 is 0. The van der Waals surface area contributed by atoms with Crippen LogP contribution in [0.3, 0.4) is 0 Å². The molecule has 21 heavy (non-hydrogen) atoms. The van der Waals surface area contributed by atoms with Crippen molar-refractivity contribution in [1.82, 2.24) is 10.2 Å². The van der Waals surface area contributed by atoms with Crippen molar-refractivity contribution in [2.45, 2.75) is 45.7 Å². The van der Waals surface area contributed by atoms with E-state index in [0.29, 0.717) is 0 Å². The van der Waals surface area contributed by atoms with E-state index >= 15 is 0 Å². The van der Waals surface area contributed by atoms with Crippen molar-refractivity contribution in [2.24, 2.45) is 5.92 Å². The number of nitrogens with zero attached hydrogens (tertiary/aromatic N) is 1. The summed E-state index contributed by atoms with van der Waals surface area (Å²) < 4.78 is 5.99. The number of benzene rings is 1. The van der Waals surface area contributed by atoms with Gasteiger partial charge in [0.05, 0.1) is 0 Å². The third-order valence-corrected chi connectivity index (χ3v) is 3.78. The molecule has 0 aromatic heterocycles. The zero-order chi connectivity index (χ0) is 15.3. The molecule has 1 N–H and O–H groups in total. The summed E-state index contributed by atoms with van der Waals surface area (Å²) in [4.78, 5) is 2.38. The topological polar surface area (TPSA) is 24.5 Å². The second-order valence-electron chi connectivity index (χ2n) is 7.27. The summed E-state index contributed by atoms with van der Waals surface area (Å²) in [7, 11) is 2.19. The molecular weight excluding hydrogens is 260 g/mol. The molecule has 1 aliphatic rings. The SMILES string of the molecule is CN(CCOc1ccccc1CNC(C)(C)C)CC1CC1. The Hall–Kier alpha value is -1.06. The maximum Gasteiger partial charge on any atom is 0.123 e. The molecule has 1 aromatic carbocycles. The standard InChI is InChI=1S/C18H30N2O/c1-18(2,3)19-13-16-7-5-6-8-17(16)21-12-11-20(4)14-15-9-10-15/h5-8,15,19H,9-14H2,1-4H3. The van der Waals surface area contributed by atoms with Crippen LogP contribution in [0.15, 0.2) is 24.3 Å². The molecule has 2 rings (SSSR count). The van der Waals surface area contributed by atoms with Crippen LogP contribution in [0.1, 0.15) is 39.2 Å². The number of hydrogen-bond donors (Lipinski definition) is 1. The van der Waals surface area contributed by atoms with E-state index in [1.165, 1.54) is 24.9 Å². The van der Waals surface area contributed by atoms with Gasteiger partial charge in [0.25, 0.3) is 0 Å². The Labute approximate surface area is 129 Å². The minimum atomic E-state index is 0.123. The van der Waals surface area contributed by atoms with Crippen LogP contribution in [0.4, 0.5) is 0 Å². The summed E-state index contributed by atoms with van der Waals surface area (Å²) in [6, 6.07) is 8.33. The lowest BCUT2D eigenvalue weighted by Gasteiger charge is -2.22. The zero-order valence-corrected chi connectivity index (χ0v) is 14.0. The highest BCUT2D eigenvalue weighted by molar-refractivity contribution is 5.33. The van der Waals surface area contributed by atoms with Gasteiger partial charge in [0, 0.05) is 30.7 Å². The van der Waals surface area contributed by atoms with E-state index in [2.05, 4.69) is 56.2 Å². The maximum atomic E-state index is 5.99. The molecule has 0 aliphatic heterocycles. The molecule has 1 saturated carbocycles. The van der Waals surface area contributed by atoms with E-state index in [-0.39, 0.29) is 5.54 Å². The van der Waals surface area contributed by atoms with Gasteiger partial charge >= 0.3 is 0 Å². The second-order valence-corrected chi connectivity index (χ2v) is 7.27. The molecule has 0 atom stereocenters. The van der Waals surface area contributed by atoms with Crippen molar-refractivity contribution in [3.05, 3.63) is 29.8 Å². The van der Waals surface area contributed by atoms with Crippen molar-refractivity contribution in [1.29, 1.82) is 0 Å². The van der Waals surface area contributed by atoms with Crippen LogP contribution in [0.25, 0.3) is 0 Å². The molecule has 0 saturated heterocycles. The largest absolute Gasteiger partial charge is 0.492 e. The van der Waals surface area contributed by atoms with Gasteiger partial charge in [-0.15, -0.1) is 0 Å². The van der Waals surface area contributed by atoms with Crippen LogP contribution in [-0.2, 0) is 6.54 Å². The summed E-state index contributed by atoms with van der Waals surface area (Å²) in [6.07, 6.45) is 2.82. The Morgan fingerprint density at radius 1 is 1.24 bits per heavy atom. The van der Waals surface area contributed by atoms with E-state index in [9.17, 15) is 0 Å². The van der Waals surface area contributed by atoms with Gasteiger partial charge in [-0.25, -0.2) is 0 Å². The summed E-state index contributed by atoms with van der Waals surface area (Å²) in [5.74, 6) is 1.95. The van der Waals surface area contributed by atoms with Gasteiger partial charge in [-0.3, -0.25) is 0 Å². The van der Waals surface area contributed by atoms with Crippen molar-refractivity contribution in [3.8, 4) is 5.75 Å². The van der Waals surface area contributed by atoms with Gasteiger partial charge in [0.15, 0.2) is 0 Å². The average Bonchev–Trinajstić information content (AvgIpc) is 3.20. The molecule has 3 heteroatoms. The molecule has 1 fully saturated rings. The summed E-state index contributed by atoms with van der Waals surface area (Å²) in [5.41, 5.74) is 1.36. The molecule has 118 valence electrons. The fraction of sp³-hybridized carbons (Fsp3) is 0.667. The first kappa shape index (κ1) is 16.3. The van der Waals surface area contributed by atoms with Crippen molar-refractivity contribution in [2.75, 3.05) is 26.7 Å². The molecule has 0 bridgehead atoms. The smallest absolute Gasteiger partial charge is 0.123 e. The van der Waals surface area contributed by atoms with Crippen LogP contribution in [0.2, 0.25) is 0 Å². The Morgan fingerprint density at radius 2 is 1.95 bits per heavy atom. The number of hydrogen-bond acceptors (Lipinski definition) is 3. The lowest BCUT2D eigenvalue weighted by molar-refractivity contribution is 0.230. The Kier molecular flexibility index (Phi) is 5.65. The normalized spacial score (nSPS) is 15.5. The fourth-order valence-corrected chi connectivity index (χ4v) is 2.29. The highest BCUT2D eigenvalue weighted by Crippen LogP contribution is 2.29. The lowest BCUT2D eigenvalue weighted by atomic mass is 10.1. The number of likely N-dealkylation sites (N-methyl/N-ethyl adjacent to an activating group) is 1. The highest BCUT2D eigenvalue weighted by Gasteiger charge is 2.22. The Balaban J connectivity index is 1.78. The van der Waals surface area contributed by atoms with Gasteiger partial charge in [-0.1, -0.05) is 18.2 Å². The first-order valence-corrected chi connectivity index (χ1v) is 8.08. The molecule has 3 nitrogen and oxygen atoms in total. The minimum absolute atomic E-state index is 0.123. The van der Waals surface area contributed by atoms with Crippen molar-refractivity contribution in [3.63, 3.8) is 0 Å². The first-order chi connectivity index (χ1) is 9.94. The predicted octanol–water partition coefficient (Wildman–Crippen LogP) is 3.30. The first-order valence-electron chi connectivity index (χ1n) is 8.08. The van der Waals surface area contributed by atoms with Gasteiger partial charge in [-0.2, -0.15) is 0 Å². The summed E-state index contributed by atoms with van der Waals surface area (Å²) in [5, 5.41) is 3.52. The van der Waals surface area contributed by atoms with E-state index in [0.717, 1.165) is 31.4 Å². The number of nitrogens with one attached hydrogen (secondary N) is 1. The van der Waals surface area contributed by atoms with Crippen LogP contribution < -0.4 is 10.1 Å². The monoisotopic (exact) mass is 290 g/mol.